The van der Waals surface area contributed by atoms with E-state index in [9.17, 15) is 48.7 Å². The summed E-state index contributed by atoms with van der Waals surface area (Å²) in [6, 6.07) is -0.784. The average Bonchev–Trinajstić information content (AvgIpc) is 3.08. The van der Waals surface area contributed by atoms with E-state index >= 15 is 0 Å². The van der Waals surface area contributed by atoms with Gasteiger partial charge in [-0.25, -0.2) is 9.37 Å². The van der Waals surface area contributed by atoms with Crippen LogP contribution in [0.25, 0.3) is 0 Å². The molecule has 0 atom stereocenters. The van der Waals surface area contributed by atoms with Crippen LogP contribution in [0.4, 0.5) is 54.7 Å². The molecule has 0 spiro atoms. The Morgan fingerprint density at radius 2 is 1.55 bits per heavy atom. The SMILES string of the molecule is CNc1nc(C(=O)Nc2c(Br)cc(C(F)(C(F)(F)F)C(F)(F)F)cc2C(F)(F)F)cs1. The van der Waals surface area contributed by atoms with E-state index in [1.54, 1.807) is 5.32 Å². The molecule has 31 heavy (non-hydrogen) atoms. The van der Waals surface area contributed by atoms with Crippen LogP contribution >= 0.6 is 27.3 Å². The summed E-state index contributed by atoms with van der Waals surface area (Å²) in [5, 5.41) is 5.61. The number of carbonyl (C=O) groups is 1. The summed E-state index contributed by atoms with van der Waals surface area (Å²) < 4.78 is 131. The number of benzene rings is 1. The van der Waals surface area contributed by atoms with E-state index in [0.29, 0.717) is 0 Å². The van der Waals surface area contributed by atoms with Crippen LogP contribution in [-0.4, -0.2) is 30.3 Å². The van der Waals surface area contributed by atoms with Gasteiger partial charge in [0.25, 0.3) is 5.91 Å². The smallest absolute Gasteiger partial charge is 0.365 e. The molecule has 0 saturated carbocycles. The molecule has 1 heterocycles. The first-order valence-electron chi connectivity index (χ1n) is 7.61. The third-order valence-electron chi connectivity index (χ3n) is 3.76. The third kappa shape index (κ3) is 4.73. The van der Waals surface area contributed by atoms with E-state index in [1.165, 1.54) is 7.05 Å². The summed E-state index contributed by atoms with van der Waals surface area (Å²) in [7, 11) is 1.43. The molecule has 0 aliphatic heterocycles. The standard InChI is InChI=1S/C15H8BrF10N3OS/c1-27-11-28-8(4-31-11)10(30)29-9-6(13(18,19)20)2-5(3-7(9)16)12(17,14(21,22)23)15(24,25)26/h2-4H,1H3,(H,27,28)(H,29,30). The van der Waals surface area contributed by atoms with Gasteiger partial charge in [0.15, 0.2) is 5.13 Å². The van der Waals surface area contributed by atoms with Crippen molar-refractivity contribution < 1.29 is 48.7 Å². The van der Waals surface area contributed by atoms with Crippen molar-refractivity contribution in [2.75, 3.05) is 17.7 Å². The van der Waals surface area contributed by atoms with Crippen molar-refractivity contribution in [2.45, 2.75) is 24.2 Å². The number of halogens is 11. The fraction of sp³-hybridized carbons (Fsp3) is 0.333. The van der Waals surface area contributed by atoms with Gasteiger partial charge < -0.3 is 10.6 Å². The van der Waals surface area contributed by atoms with Crippen LogP contribution in [0.3, 0.4) is 0 Å². The number of alkyl halides is 10. The Labute approximate surface area is 178 Å². The highest BCUT2D eigenvalue weighted by atomic mass is 79.9. The van der Waals surface area contributed by atoms with Crippen molar-refractivity contribution in [3.05, 3.63) is 38.8 Å². The predicted octanol–water partition coefficient (Wildman–Crippen LogP) is 6.51. The van der Waals surface area contributed by atoms with E-state index in [1.807, 2.05) is 0 Å². The largest absolute Gasteiger partial charge is 0.435 e. The molecule has 0 aliphatic carbocycles. The van der Waals surface area contributed by atoms with E-state index in [0.717, 1.165) is 16.7 Å². The Morgan fingerprint density at radius 1 is 1.00 bits per heavy atom. The molecule has 16 heteroatoms. The van der Waals surface area contributed by atoms with Crippen molar-refractivity contribution in [1.82, 2.24) is 4.98 Å². The number of anilines is 2. The molecule has 1 aromatic carbocycles. The number of carbonyl (C=O) groups excluding carboxylic acids is 1. The molecule has 1 aromatic heterocycles. The number of hydrogen-bond acceptors (Lipinski definition) is 4. The molecular formula is C15H8BrF10N3OS. The zero-order valence-electron chi connectivity index (χ0n) is 14.7. The fourth-order valence-corrected chi connectivity index (χ4v) is 3.53. The maximum atomic E-state index is 14.2. The molecule has 2 rings (SSSR count). The minimum atomic E-state index is -6.62. The molecule has 2 N–H and O–H groups in total. The number of rotatable bonds is 4. The van der Waals surface area contributed by atoms with Crippen molar-refractivity contribution >= 4 is 44.0 Å². The van der Waals surface area contributed by atoms with E-state index < -0.39 is 57.5 Å². The first kappa shape index (κ1) is 25.2. The molecule has 0 fully saturated rings. The summed E-state index contributed by atoms with van der Waals surface area (Å²) in [5.74, 6) is -1.24. The second-order valence-corrected chi connectivity index (χ2v) is 7.49. The molecule has 0 unspecified atom stereocenters. The normalized spacial score (nSPS) is 13.3. The first-order chi connectivity index (χ1) is 13.9. The van der Waals surface area contributed by atoms with Gasteiger partial charge in [-0.3, -0.25) is 4.79 Å². The summed E-state index contributed by atoms with van der Waals surface area (Å²) in [5.41, 5.74) is -12.2. The summed E-state index contributed by atoms with van der Waals surface area (Å²) in [6.45, 7) is 0. The predicted molar refractivity (Wildman–Crippen MR) is 93.7 cm³/mol. The van der Waals surface area contributed by atoms with Gasteiger partial charge in [-0.15, -0.1) is 11.3 Å². The molecule has 0 radical (unpaired) electrons. The lowest BCUT2D eigenvalue weighted by molar-refractivity contribution is -0.348. The van der Waals surface area contributed by atoms with Gasteiger partial charge in [-0.2, -0.15) is 39.5 Å². The topological polar surface area (TPSA) is 54.0 Å². The van der Waals surface area contributed by atoms with Crippen LogP contribution in [-0.2, 0) is 11.8 Å². The lowest BCUT2D eigenvalue weighted by atomic mass is 9.92. The number of amides is 1. The highest BCUT2D eigenvalue weighted by Crippen LogP contribution is 2.55. The lowest BCUT2D eigenvalue weighted by Crippen LogP contribution is -2.50. The molecule has 172 valence electrons. The Bertz CT molecular complexity index is 969. The second kappa shape index (κ2) is 8.11. The second-order valence-electron chi connectivity index (χ2n) is 5.77. The summed E-state index contributed by atoms with van der Waals surface area (Å²) in [6.07, 6.45) is -18.8. The number of aromatic nitrogens is 1. The van der Waals surface area contributed by atoms with Crippen molar-refractivity contribution in [2.24, 2.45) is 0 Å². The summed E-state index contributed by atoms with van der Waals surface area (Å²) in [4.78, 5) is 15.9. The summed E-state index contributed by atoms with van der Waals surface area (Å²) >= 11 is 3.29. The van der Waals surface area contributed by atoms with Crippen LogP contribution in [0.1, 0.15) is 21.6 Å². The van der Waals surface area contributed by atoms with Crippen LogP contribution in [0, 0.1) is 0 Å². The van der Waals surface area contributed by atoms with Crippen molar-refractivity contribution in [3.63, 3.8) is 0 Å². The molecule has 4 nitrogen and oxygen atoms in total. The van der Waals surface area contributed by atoms with Gasteiger partial charge >= 0.3 is 24.2 Å². The Morgan fingerprint density at radius 3 is 1.97 bits per heavy atom. The molecular weight excluding hydrogens is 540 g/mol. The van der Waals surface area contributed by atoms with Crippen LogP contribution in [0.5, 0.6) is 0 Å². The van der Waals surface area contributed by atoms with Crippen molar-refractivity contribution in [1.29, 1.82) is 0 Å². The maximum absolute atomic E-state index is 14.2. The van der Waals surface area contributed by atoms with Crippen molar-refractivity contribution in [3.8, 4) is 0 Å². The number of nitrogens with zero attached hydrogens (tertiary/aromatic N) is 1. The molecule has 0 bridgehead atoms. The first-order valence-corrected chi connectivity index (χ1v) is 9.29. The van der Waals surface area contributed by atoms with Gasteiger partial charge in [-0.1, -0.05) is 0 Å². The highest BCUT2D eigenvalue weighted by molar-refractivity contribution is 9.10. The average molecular weight is 548 g/mol. The van der Waals surface area contributed by atoms with Gasteiger partial charge in [0, 0.05) is 22.5 Å². The van der Waals surface area contributed by atoms with E-state index in [4.69, 9.17) is 0 Å². The minimum absolute atomic E-state index is 0.133. The quantitative estimate of drug-likeness (QED) is 0.429. The molecule has 2 aromatic rings. The van der Waals surface area contributed by atoms with Gasteiger partial charge in [0.2, 0.25) is 0 Å². The Hall–Kier alpha value is -2.10. The van der Waals surface area contributed by atoms with Crippen LogP contribution in [0.15, 0.2) is 22.0 Å². The lowest BCUT2D eigenvalue weighted by Gasteiger charge is -2.31. The molecule has 1 amide bonds. The highest BCUT2D eigenvalue weighted by Gasteiger charge is 2.73. The van der Waals surface area contributed by atoms with Crippen LogP contribution < -0.4 is 10.6 Å². The third-order valence-corrected chi connectivity index (χ3v) is 5.25. The zero-order valence-corrected chi connectivity index (χ0v) is 17.1. The number of thiazole rings is 1. The molecule has 0 aliphatic rings. The molecule has 0 saturated heterocycles. The van der Waals surface area contributed by atoms with E-state index in [-0.39, 0.29) is 16.9 Å². The van der Waals surface area contributed by atoms with E-state index in [2.05, 4.69) is 26.2 Å². The Kier molecular flexibility index (Phi) is 6.58. The monoisotopic (exact) mass is 547 g/mol. The van der Waals surface area contributed by atoms with Gasteiger partial charge in [0.1, 0.15) is 5.69 Å². The van der Waals surface area contributed by atoms with Gasteiger partial charge in [-0.05, 0) is 28.1 Å². The Balaban J connectivity index is 2.66. The van der Waals surface area contributed by atoms with Crippen LogP contribution in [0.2, 0.25) is 0 Å². The van der Waals surface area contributed by atoms with Gasteiger partial charge in [0.05, 0.1) is 11.3 Å². The minimum Gasteiger partial charge on any atom is -0.365 e. The zero-order chi connectivity index (χ0) is 24.0. The number of nitrogens with one attached hydrogen (secondary N) is 2. The fourth-order valence-electron chi connectivity index (χ4n) is 2.31. The number of hydrogen-bond donors (Lipinski definition) is 2. The maximum Gasteiger partial charge on any atom is 0.435 e.